The fourth-order valence-corrected chi connectivity index (χ4v) is 7.92. The van der Waals surface area contributed by atoms with E-state index in [0.717, 1.165) is 0 Å². The molecule has 5 rings (SSSR count). The molecular formula is C51H108O27. The van der Waals surface area contributed by atoms with Gasteiger partial charge in [0.15, 0.2) is 31.5 Å². The molecule has 0 aromatic heterocycles. The van der Waals surface area contributed by atoms with E-state index in [1.165, 1.54) is 0 Å². The smallest absolute Gasteiger partial charge is 0.186 e. The predicted molar refractivity (Wildman–Crippen MR) is 280 cm³/mol. The standard InChI is InChI=1S/3C10H20O5.2C9H18O6.3CH4/c1-5(2)14-9-6(3)10(13)15-7(4-11)8(9)12;1-5(2)14-4-7-9(12)8(11)6(3)10(13)15-7;1-5(2)14-9-7(4-11)15-10(13)6(3)8(9)12;1-4(2)14-8-7(12)6(11)5(3-10)15-9(8)13;1-4(2)14-9-8(13)7(12)6(11)5(3-10)15-9;;;/h3*5-13H,4H2,1-3H3;2*4-13H,3H2,1-2H3;3*1H4. The lowest BCUT2D eigenvalue weighted by atomic mass is 9.92. The minimum atomic E-state index is -1.38. The zero-order valence-electron chi connectivity index (χ0n) is 45.5. The summed E-state index contributed by atoms with van der Waals surface area (Å²) < 4.78 is 52.0. The van der Waals surface area contributed by atoms with Gasteiger partial charge in [0, 0.05) is 17.8 Å². The summed E-state index contributed by atoms with van der Waals surface area (Å²) in [6.07, 6.45) is -22.4. The van der Waals surface area contributed by atoms with E-state index in [4.69, 9.17) is 67.8 Å². The Bertz CT molecular complexity index is 1440. The van der Waals surface area contributed by atoms with Crippen LogP contribution in [-0.2, 0) is 47.4 Å². The molecule has 0 spiro atoms. The van der Waals surface area contributed by atoms with Gasteiger partial charge in [0.05, 0.1) is 81.9 Å². The average Bonchev–Trinajstić information content (AvgIpc) is 3.34. The lowest BCUT2D eigenvalue weighted by Gasteiger charge is -2.41. The predicted octanol–water partition coefficient (Wildman–Crippen LogP) is -3.21. The maximum absolute atomic E-state index is 9.88. The van der Waals surface area contributed by atoms with Crippen molar-refractivity contribution in [1.82, 2.24) is 0 Å². The maximum atomic E-state index is 9.88. The normalized spacial score (nSPS) is 40.6. The lowest BCUT2D eigenvalue weighted by molar-refractivity contribution is -0.308. The van der Waals surface area contributed by atoms with Crippen LogP contribution in [-0.4, -0.2) is 286 Å². The van der Waals surface area contributed by atoms with E-state index >= 15 is 0 Å². The van der Waals surface area contributed by atoms with Crippen molar-refractivity contribution in [2.75, 3.05) is 33.0 Å². The average molecular weight is 1150 g/mol. The minimum Gasteiger partial charge on any atom is -0.394 e. The van der Waals surface area contributed by atoms with Crippen LogP contribution in [0.2, 0.25) is 0 Å². The lowest BCUT2D eigenvalue weighted by Crippen LogP contribution is -2.59. The molecule has 17 N–H and O–H groups in total. The molecule has 5 saturated heterocycles. The Labute approximate surface area is 462 Å². The third kappa shape index (κ3) is 25.0. The second-order valence-corrected chi connectivity index (χ2v) is 20.5. The largest absolute Gasteiger partial charge is 0.394 e. The molecule has 0 saturated carbocycles. The summed E-state index contributed by atoms with van der Waals surface area (Å²) in [4.78, 5) is 0. The molecule has 0 amide bonds. The Hall–Kier alpha value is -1.08. The quantitative estimate of drug-likeness (QED) is 0.0767. The van der Waals surface area contributed by atoms with Gasteiger partial charge in [-0.25, -0.2) is 0 Å². The molecule has 5 heterocycles. The van der Waals surface area contributed by atoms with E-state index in [0.29, 0.717) is 0 Å². The number of aliphatic hydroxyl groups excluding tert-OH is 17. The Kier molecular flexibility index (Phi) is 41.0. The van der Waals surface area contributed by atoms with Gasteiger partial charge in [-0.15, -0.1) is 0 Å². The Morgan fingerprint density at radius 2 is 0.654 bits per heavy atom. The molecule has 27 heteroatoms. The summed E-state index contributed by atoms with van der Waals surface area (Å²) >= 11 is 0. The number of aliphatic hydroxyl groups is 17. The molecule has 0 aliphatic carbocycles. The van der Waals surface area contributed by atoms with Crippen molar-refractivity contribution in [2.24, 2.45) is 17.8 Å². The van der Waals surface area contributed by atoms with Crippen LogP contribution in [0.15, 0.2) is 0 Å². The van der Waals surface area contributed by atoms with Crippen molar-refractivity contribution in [2.45, 2.75) is 278 Å². The summed E-state index contributed by atoms with van der Waals surface area (Å²) in [6, 6.07) is 0. The summed E-state index contributed by atoms with van der Waals surface area (Å²) in [7, 11) is 0. The Morgan fingerprint density at radius 1 is 0.308 bits per heavy atom. The Balaban J connectivity index is -0.000000893. The van der Waals surface area contributed by atoms with Gasteiger partial charge in [0.25, 0.3) is 0 Å². The fraction of sp³-hybridized carbons (Fsp3) is 1.00. The first-order chi connectivity index (χ1) is 34.8. The summed E-state index contributed by atoms with van der Waals surface area (Å²) in [5, 5.41) is 160. The zero-order chi connectivity index (χ0) is 57.9. The van der Waals surface area contributed by atoms with Crippen LogP contribution in [0, 0.1) is 17.8 Å². The van der Waals surface area contributed by atoms with Crippen molar-refractivity contribution >= 4 is 0 Å². The third-order valence-electron chi connectivity index (χ3n) is 12.4. The zero-order valence-corrected chi connectivity index (χ0v) is 45.5. The first-order valence-electron chi connectivity index (χ1n) is 25.6. The minimum absolute atomic E-state index is 0. The first kappa shape index (κ1) is 81.1. The molecule has 5 aliphatic rings. The molecule has 25 unspecified atom stereocenters. The van der Waals surface area contributed by atoms with Crippen molar-refractivity contribution in [3.05, 3.63) is 0 Å². The maximum Gasteiger partial charge on any atom is 0.186 e. The highest BCUT2D eigenvalue weighted by molar-refractivity contribution is 4.92. The van der Waals surface area contributed by atoms with E-state index in [9.17, 15) is 66.4 Å². The highest BCUT2D eigenvalue weighted by atomic mass is 16.7. The van der Waals surface area contributed by atoms with Crippen LogP contribution in [0.5, 0.6) is 0 Å². The van der Waals surface area contributed by atoms with Crippen LogP contribution in [0.3, 0.4) is 0 Å². The van der Waals surface area contributed by atoms with Crippen molar-refractivity contribution in [3.8, 4) is 0 Å². The fourth-order valence-electron chi connectivity index (χ4n) is 7.92. The van der Waals surface area contributed by atoms with Gasteiger partial charge in [-0.1, -0.05) is 43.1 Å². The molecule has 0 bridgehead atoms. The molecule has 27 nitrogen and oxygen atoms in total. The van der Waals surface area contributed by atoms with Gasteiger partial charge in [-0.2, -0.15) is 0 Å². The number of hydrogen-bond acceptors (Lipinski definition) is 27. The molecule has 5 aliphatic heterocycles. The van der Waals surface area contributed by atoms with Crippen molar-refractivity contribution in [3.63, 3.8) is 0 Å². The summed E-state index contributed by atoms with van der Waals surface area (Å²) in [6.45, 7) is 21.8. The van der Waals surface area contributed by atoms with Gasteiger partial charge >= 0.3 is 0 Å². The SMILES string of the molecule is C.C.C.CC(C)OC1C(C)C(O)OC(CO)C1O.CC(C)OC1C(CO)OC(O)C(C)C1O.CC(C)OC1C(O)OC(CO)C(O)C1O.CC(C)OC1OC(CO)C(O)C(O)C1O.CC(C)OCC1OC(O)C(C)C(O)C1O. The second-order valence-electron chi connectivity index (χ2n) is 20.5. The van der Waals surface area contributed by atoms with Gasteiger partial charge in [-0.05, 0) is 69.2 Å². The molecule has 0 radical (unpaired) electrons. The van der Waals surface area contributed by atoms with Gasteiger partial charge in [0.2, 0.25) is 0 Å². The highest BCUT2D eigenvalue weighted by Crippen LogP contribution is 2.30. The Morgan fingerprint density at radius 3 is 1.10 bits per heavy atom. The molecule has 5 fully saturated rings. The van der Waals surface area contributed by atoms with Crippen LogP contribution in [0.25, 0.3) is 0 Å². The topological polar surface area (TPSA) is 436 Å². The number of hydrogen-bond donors (Lipinski definition) is 17. The summed E-state index contributed by atoms with van der Waals surface area (Å²) in [5.41, 5.74) is 0. The van der Waals surface area contributed by atoms with Crippen molar-refractivity contribution in [1.29, 1.82) is 0 Å². The summed E-state index contributed by atoms with van der Waals surface area (Å²) in [5.74, 6) is -1.22. The van der Waals surface area contributed by atoms with Gasteiger partial charge in [-0.3, -0.25) is 0 Å². The second kappa shape index (κ2) is 39.5. The van der Waals surface area contributed by atoms with E-state index in [1.807, 2.05) is 41.5 Å². The molecule has 25 atom stereocenters. The number of rotatable bonds is 15. The molecule has 0 aromatic carbocycles. The molecule has 0 aromatic rings. The van der Waals surface area contributed by atoms with Crippen LogP contribution in [0.1, 0.15) is 112 Å². The molecule has 474 valence electrons. The van der Waals surface area contributed by atoms with E-state index < -0.39 is 160 Å². The first-order valence-corrected chi connectivity index (χ1v) is 25.6. The van der Waals surface area contributed by atoms with E-state index in [2.05, 4.69) is 0 Å². The van der Waals surface area contributed by atoms with E-state index in [1.54, 1.807) is 48.5 Å². The number of ether oxygens (including phenoxy) is 10. The van der Waals surface area contributed by atoms with Crippen LogP contribution >= 0.6 is 0 Å². The van der Waals surface area contributed by atoms with Crippen LogP contribution < -0.4 is 0 Å². The van der Waals surface area contributed by atoms with E-state index in [-0.39, 0.29) is 78.5 Å². The third-order valence-corrected chi connectivity index (χ3v) is 12.4. The van der Waals surface area contributed by atoms with Gasteiger partial charge < -0.3 is 134 Å². The molecule has 78 heavy (non-hydrogen) atoms. The van der Waals surface area contributed by atoms with Crippen molar-refractivity contribution < 1.29 is 134 Å². The molecular weight excluding hydrogens is 1040 g/mol. The van der Waals surface area contributed by atoms with Crippen LogP contribution in [0.4, 0.5) is 0 Å². The monoisotopic (exact) mass is 1150 g/mol. The van der Waals surface area contributed by atoms with Gasteiger partial charge in [0.1, 0.15) is 85.5 Å². The highest BCUT2D eigenvalue weighted by Gasteiger charge is 2.47.